The Labute approximate surface area is 90.5 Å². The predicted octanol–water partition coefficient (Wildman–Crippen LogP) is 2.88. The Kier molecular flexibility index (Phi) is 4.17. The molecule has 3 heteroatoms. The Morgan fingerprint density at radius 1 is 1.29 bits per heavy atom. The fourth-order valence-corrected chi connectivity index (χ4v) is 1.74. The van der Waals surface area contributed by atoms with E-state index in [0.717, 1.165) is 12.8 Å². The quantitative estimate of drug-likeness (QED) is 0.520. The van der Waals surface area contributed by atoms with Crippen LogP contribution < -0.4 is 0 Å². The Morgan fingerprint density at radius 2 is 1.79 bits per heavy atom. The van der Waals surface area contributed by atoms with E-state index in [9.17, 15) is 0 Å². The maximum Gasteiger partial charge on any atom is 0.167 e. The first-order valence-corrected chi connectivity index (χ1v) is 5.35. The molecule has 1 aliphatic rings. The van der Waals surface area contributed by atoms with Crippen molar-refractivity contribution in [3.05, 3.63) is 25.3 Å². The maximum absolute atomic E-state index is 5.73. The van der Waals surface area contributed by atoms with Crippen LogP contribution in [-0.4, -0.2) is 23.9 Å². The lowest BCUT2D eigenvalue weighted by Crippen LogP contribution is -2.26. The van der Waals surface area contributed by atoms with E-state index in [1.54, 1.807) is 12.2 Å². The molecule has 0 saturated carbocycles. The van der Waals surface area contributed by atoms with Gasteiger partial charge in [0.1, 0.15) is 12.2 Å². The van der Waals surface area contributed by atoms with Crippen LogP contribution in [0.1, 0.15) is 19.8 Å². The molecule has 0 radical (unpaired) electrons. The lowest BCUT2D eigenvalue weighted by molar-refractivity contribution is -0.159. The summed E-state index contributed by atoms with van der Waals surface area (Å²) in [5.74, 6) is 0.0897. The minimum Gasteiger partial charge on any atom is -0.340 e. The van der Waals surface area contributed by atoms with Gasteiger partial charge in [-0.2, -0.15) is 0 Å². The standard InChI is InChI=1S/C11H17ClO2/c1-4-9-10(5-2)14-11(3,13-9)7-6-8-12/h4-5,9-10H,1-2,6-8H2,3H3/t9-,10+,11?. The summed E-state index contributed by atoms with van der Waals surface area (Å²) >= 11 is 5.63. The molecule has 1 heterocycles. The van der Waals surface area contributed by atoms with Gasteiger partial charge in [0.2, 0.25) is 0 Å². The van der Waals surface area contributed by atoms with Crippen LogP contribution in [0.5, 0.6) is 0 Å². The van der Waals surface area contributed by atoms with Crippen molar-refractivity contribution >= 4 is 11.6 Å². The van der Waals surface area contributed by atoms with E-state index in [2.05, 4.69) is 13.2 Å². The van der Waals surface area contributed by atoms with Crippen LogP contribution in [0, 0.1) is 0 Å². The molecule has 2 nitrogen and oxygen atoms in total. The van der Waals surface area contributed by atoms with Gasteiger partial charge in [0, 0.05) is 12.3 Å². The molecule has 1 rings (SSSR count). The summed E-state index contributed by atoms with van der Waals surface area (Å²) in [5.41, 5.74) is 0. The highest BCUT2D eigenvalue weighted by atomic mass is 35.5. The molecule has 0 aliphatic carbocycles. The first-order chi connectivity index (χ1) is 6.65. The average Bonchev–Trinajstić information content (AvgIpc) is 2.53. The monoisotopic (exact) mass is 216 g/mol. The average molecular weight is 217 g/mol. The second-order valence-electron chi connectivity index (χ2n) is 3.56. The van der Waals surface area contributed by atoms with E-state index < -0.39 is 5.79 Å². The largest absolute Gasteiger partial charge is 0.340 e. The van der Waals surface area contributed by atoms with Crippen molar-refractivity contribution < 1.29 is 9.47 Å². The van der Waals surface area contributed by atoms with E-state index >= 15 is 0 Å². The van der Waals surface area contributed by atoms with Crippen molar-refractivity contribution in [1.29, 1.82) is 0 Å². The summed E-state index contributed by atoms with van der Waals surface area (Å²) < 4.78 is 11.5. The number of ether oxygens (including phenoxy) is 2. The molecule has 80 valence electrons. The first kappa shape index (κ1) is 11.8. The second kappa shape index (κ2) is 4.96. The normalized spacial score (nSPS) is 37.0. The number of hydrogen-bond acceptors (Lipinski definition) is 2. The molecule has 0 aromatic carbocycles. The smallest absolute Gasteiger partial charge is 0.167 e. The number of rotatable bonds is 5. The van der Waals surface area contributed by atoms with E-state index in [1.807, 2.05) is 6.92 Å². The van der Waals surface area contributed by atoms with Crippen LogP contribution in [0.15, 0.2) is 25.3 Å². The molecule has 0 aromatic heterocycles. The topological polar surface area (TPSA) is 18.5 Å². The van der Waals surface area contributed by atoms with Crippen molar-refractivity contribution in [3.63, 3.8) is 0 Å². The molecule has 1 saturated heterocycles. The summed E-state index contributed by atoms with van der Waals surface area (Å²) in [5, 5.41) is 0. The molecule has 0 amide bonds. The van der Waals surface area contributed by atoms with Gasteiger partial charge < -0.3 is 9.47 Å². The Morgan fingerprint density at radius 3 is 2.14 bits per heavy atom. The van der Waals surface area contributed by atoms with Gasteiger partial charge in [-0.1, -0.05) is 12.2 Å². The molecule has 0 spiro atoms. The molecule has 0 N–H and O–H groups in total. The van der Waals surface area contributed by atoms with Crippen LogP contribution in [0.4, 0.5) is 0 Å². The van der Waals surface area contributed by atoms with Crippen LogP contribution in [0.25, 0.3) is 0 Å². The Balaban J connectivity index is 2.58. The zero-order chi connectivity index (χ0) is 10.6. The highest BCUT2D eigenvalue weighted by Crippen LogP contribution is 2.33. The van der Waals surface area contributed by atoms with Gasteiger partial charge in [-0.05, 0) is 13.3 Å². The number of alkyl halides is 1. The first-order valence-electron chi connectivity index (χ1n) is 4.82. The van der Waals surface area contributed by atoms with Crippen molar-refractivity contribution in [2.24, 2.45) is 0 Å². The second-order valence-corrected chi connectivity index (χ2v) is 3.94. The number of hydrogen-bond donors (Lipinski definition) is 0. The van der Waals surface area contributed by atoms with Crippen LogP contribution >= 0.6 is 11.6 Å². The fourth-order valence-electron chi connectivity index (χ4n) is 1.61. The van der Waals surface area contributed by atoms with Gasteiger partial charge in [-0.25, -0.2) is 0 Å². The summed E-state index contributed by atoms with van der Waals surface area (Å²) in [4.78, 5) is 0. The van der Waals surface area contributed by atoms with Gasteiger partial charge >= 0.3 is 0 Å². The van der Waals surface area contributed by atoms with Gasteiger partial charge in [0.05, 0.1) is 0 Å². The van der Waals surface area contributed by atoms with Gasteiger partial charge in [-0.3, -0.25) is 0 Å². The highest BCUT2D eigenvalue weighted by Gasteiger charge is 2.40. The molecule has 0 aromatic rings. The van der Waals surface area contributed by atoms with Crippen LogP contribution in [-0.2, 0) is 9.47 Å². The van der Waals surface area contributed by atoms with Gasteiger partial charge in [0.15, 0.2) is 5.79 Å². The molecular formula is C11H17ClO2. The lowest BCUT2D eigenvalue weighted by atomic mass is 10.2. The molecule has 14 heavy (non-hydrogen) atoms. The zero-order valence-corrected chi connectivity index (χ0v) is 9.30. The molecule has 1 unspecified atom stereocenters. The van der Waals surface area contributed by atoms with Gasteiger partial charge in [0.25, 0.3) is 0 Å². The Hall–Kier alpha value is -0.310. The molecule has 1 fully saturated rings. The van der Waals surface area contributed by atoms with E-state index in [-0.39, 0.29) is 12.2 Å². The van der Waals surface area contributed by atoms with Crippen molar-refractivity contribution in [2.75, 3.05) is 5.88 Å². The van der Waals surface area contributed by atoms with E-state index in [4.69, 9.17) is 21.1 Å². The SMILES string of the molecule is C=C[C@@H]1OC(C)(CCCCl)O[C@@H]1C=C. The minimum absolute atomic E-state index is 0.0900. The summed E-state index contributed by atoms with van der Waals surface area (Å²) in [6.07, 6.45) is 4.99. The Bertz CT molecular complexity index is 199. The number of halogens is 1. The summed E-state index contributed by atoms with van der Waals surface area (Å²) in [7, 11) is 0. The van der Waals surface area contributed by atoms with Crippen molar-refractivity contribution in [1.82, 2.24) is 0 Å². The fraction of sp³-hybridized carbons (Fsp3) is 0.636. The third kappa shape index (κ3) is 2.59. The van der Waals surface area contributed by atoms with Gasteiger partial charge in [-0.15, -0.1) is 24.8 Å². The van der Waals surface area contributed by atoms with Crippen LogP contribution in [0.3, 0.4) is 0 Å². The lowest BCUT2D eigenvalue weighted by Gasteiger charge is -2.22. The molecule has 1 aliphatic heterocycles. The van der Waals surface area contributed by atoms with E-state index in [1.165, 1.54) is 0 Å². The molecule has 3 atom stereocenters. The zero-order valence-electron chi connectivity index (χ0n) is 8.54. The summed E-state index contributed by atoms with van der Waals surface area (Å²) in [6.45, 7) is 9.35. The summed E-state index contributed by atoms with van der Waals surface area (Å²) in [6, 6.07) is 0. The predicted molar refractivity (Wildman–Crippen MR) is 58.5 cm³/mol. The maximum atomic E-state index is 5.73. The van der Waals surface area contributed by atoms with Crippen molar-refractivity contribution in [2.45, 2.75) is 37.8 Å². The molecule has 0 bridgehead atoms. The highest BCUT2D eigenvalue weighted by molar-refractivity contribution is 6.17. The van der Waals surface area contributed by atoms with E-state index in [0.29, 0.717) is 5.88 Å². The molecular weight excluding hydrogens is 200 g/mol. The van der Waals surface area contributed by atoms with Crippen LogP contribution in [0.2, 0.25) is 0 Å². The van der Waals surface area contributed by atoms with Crippen molar-refractivity contribution in [3.8, 4) is 0 Å². The third-order valence-electron chi connectivity index (χ3n) is 2.32. The minimum atomic E-state index is -0.535. The third-order valence-corrected chi connectivity index (χ3v) is 2.59.